The van der Waals surface area contributed by atoms with Gasteiger partial charge in [-0.25, -0.2) is 4.99 Å². The van der Waals surface area contributed by atoms with E-state index in [9.17, 15) is 5.26 Å². The SMILES string of the molecule is N#Cc1cc(-c2ccccc2)oc1N=Cc1ccc(Cl)cc1Cl. The van der Waals surface area contributed by atoms with Crippen LogP contribution in [0.15, 0.2) is 64.0 Å². The van der Waals surface area contributed by atoms with Crippen molar-refractivity contribution in [3.05, 3.63) is 75.8 Å². The molecule has 0 aliphatic rings. The molecule has 5 heteroatoms. The molecule has 0 aliphatic carbocycles. The van der Waals surface area contributed by atoms with Crippen LogP contribution in [0.5, 0.6) is 0 Å². The van der Waals surface area contributed by atoms with E-state index < -0.39 is 0 Å². The van der Waals surface area contributed by atoms with E-state index in [1.54, 1.807) is 30.5 Å². The molecular formula is C18H10Cl2N2O. The number of rotatable bonds is 3. The van der Waals surface area contributed by atoms with Gasteiger partial charge in [0.1, 0.15) is 17.4 Å². The van der Waals surface area contributed by atoms with Crippen LogP contribution in [-0.4, -0.2) is 6.21 Å². The van der Waals surface area contributed by atoms with E-state index in [4.69, 9.17) is 27.6 Å². The van der Waals surface area contributed by atoms with E-state index in [1.165, 1.54) is 0 Å². The van der Waals surface area contributed by atoms with E-state index in [-0.39, 0.29) is 5.88 Å². The standard InChI is InChI=1S/C18H10Cl2N2O/c19-15-7-6-13(16(20)9-15)11-22-18-14(10-21)8-17(23-18)12-4-2-1-3-5-12/h1-9,11H. The average Bonchev–Trinajstić information content (AvgIpc) is 2.98. The van der Waals surface area contributed by atoms with Crippen LogP contribution in [0.3, 0.4) is 0 Å². The lowest BCUT2D eigenvalue weighted by Gasteiger charge is -1.97. The van der Waals surface area contributed by atoms with Gasteiger partial charge in [-0.2, -0.15) is 5.26 Å². The minimum Gasteiger partial charge on any atom is -0.437 e. The summed E-state index contributed by atoms with van der Waals surface area (Å²) in [5, 5.41) is 10.3. The summed E-state index contributed by atoms with van der Waals surface area (Å²) in [6, 6.07) is 18.4. The van der Waals surface area contributed by atoms with Gasteiger partial charge in [-0.15, -0.1) is 0 Å². The number of hydrogen-bond acceptors (Lipinski definition) is 3. The molecule has 0 atom stereocenters. The summed E-state index contributed by atoms with van der Waals surface area (Å²) in [6.07, 6.45) is 1.55. The summed E-state index contributed by atoms with van der Waals surface area (Å²) < 4.78 is 5.69. The van der Waals surface area contributed by atoms with Crippen molar-refractivity contribution in [2.75, 3.05) is 0 Å². The molecule has 3 aromatic rings. The molecule has 0 N–H and O–H groups in total. The van der Waals surface area contributed by atoms with E-state index in [2.05, 4.69) is 11.1 Å². The zero-order chi connectivity index (χ0) is 16.2. The maximum absolute atomic E-state index is 9.24. The maximum atomic E-state index is 9.24. The highest BCUT2D eigenvalue weighted by Crippen LogP contribution is 2.31. The van der Waals surface area contributed by atoms with Crippen LogP contribution in [-0.2, 0) is 0 Å². The predicted molar refractivity (Wildman–Crippen MR) is 92.6 cm³/mol. The van der Waals surface area contributed by atoms with Crippen LogP contribution in [0.25, 0.3) is 11.3 Å². The van der Waals surface area contributed by atoms with Crippen LogP contribution < -0.4 is 0 Å². The Balaban J connectivity index is 1.95. The van der Waals surface area contributed by atoms with Gasteiger partial charge in [-0.3, -0.25) is 0 Å². The minimum atomic E-state index is 0.248. The van der Waals surface area contributed by atoms with E-state index in [0.29, 0.717) is 26.9 Å². The first kappa shape index (κ1) is 15.4. The average molecular weight is 341 g/mol. The molecule has 0 radical (unpaired) electrons. The number of furan rings is 1. The first-order valence-electron chi connectivity index (χ1n) is 6.76. The Hall–Kier alpha value is -2.54. The molecule has 0 saturated carbocycles. The van der Waals surface area contributed by atoms with E-state index >= 15 is 0 Å². The van der Waals surface area contributed by atoms with Crippen molar-refractivity contribution in [1.82, 2.24) is 0 Å². The molecule has 0 saturated heterocycles. The van der Waals surface area contributed by atoms with Gasteiger partial charge in [-0.1, -0.05) is 59.6 Å². The van der Waals surface area contributed by atoms with Crippen molar-refractivity contribution in [3.63, 3.8) is 0 Å². The largest absolute Gasteiger partial charge is 0.437 e. The Morgan fingerprint density at radius 3 is 2.52 bits per heavy atom. The third kappa shape index (κ3) is 3.45. The second-order valence-corrected chi connectivity index (χ2v) is 5.57. The number of hydrogen-bond donors (Lipinski definition) is 0. The Bertz CT molecular complexity index is 909. The third-order valence-electron chi connectivity index (χ3n) is 3.17. The molecule has 0 bridgehead atoms. The molecule has 112 valence electrons. The highest BCUT2D eigenvalue weighted by molar-refractivity contribution is 6.36. The Labute approximate surface area is 143 Å². The van der Waals surface area contributed by atoms with Crippen LogP contribution >= 0.6 is 23.2 Å². The summed E-state index contributed by atoms with van der Waals surface area (Å²) in [5.41, 5.74) is 1.94. The highest BCUT2D eigenvalue weighted by atomic mass is 35.5. The summed E-state index contributed by atoms with van der Waals surface area (Å²) in [4.78, 5) is 4.24. The van der Waals surface area contributed by atoms with Crippen molar-refractivity contribution in [3.8, 4) is 17.4 Å². The number of nitriles is 1. The van der Waals surface area contributed by atoms with Gasteiger partial charge in [0.15, 0.2) is 0 Å². The van der Waals surface area contributed by atoms with E-state index in [1.807, 2.05) is 30.3 Å². The summed E-state index contributed by atoms with van der Waals surface area (Å²) in [5.74, 6) is 0.842. The first-order chi connectivity index (χ1) is 11.2. The van der Waals surface area contributed by atoms with Gasteiger partial charge in [0, 0.05) is 28.4 Å². The van der Waals surface area contributed by atoms with Crippen molar-refractivity contribution in [2.45, 2.75) is 0 Å². The van der Waals surface area contributed by atoms with Crippen LogP contribution in [0.1, 0.15) is 11.1 Å². The Kier molecular flexibility index (Phi) is 4.47. The summed E-state index contributed by atoms with van der Waals surface area (Å²) >= 11 is 12.0. The Morgan fingerprint density at radius 2 is 1.83 bits per heavy atom. The normalized spacial score (nSPS) is 10.8. The van der Waals surface area contributed by atoms with Gasteiger partial charge in [-0.05, 0) is 12.1 Å². The lowest BCUT2D eigenvalue weighted by atomic mass is 10.1. The van der Waals surface area contributed by atoms with Crippen LogP contribution in [0.2, 0.25) is 10.0 Å². The smallest absolute Gasteiger partial charge is 0.237 e. The molecule has 0 spiro atoms. The number of benzene rings is 2. The topological polar surface area (TPSA) is 49.3 Å². The van der Waals surface area contributed by atoms with Crippen molar-refractivity contribution >= 4 is 35.3 Å². The van der Waals surface area contributed by atoms with Crippen molar-refractivity contribution in [1.29, 1.82) is 5.26 Å². The predicted octanol–water partition coefficient (Wildman–Crippen LogP) is 5.88. The summed E-state index contributed by atoms with van der Waals surface area (Å²) in [6.45, 7) is 0. The van der Waals surface area contributed by atoms with Crippen molar-refractivity contribution in [2.24, 2.45) is 4.99 Å². The lowest BCUT2D eigenvalue weighted by molar-refractivity contribution is 0.592. The molecule has 23 heavy (non-hydrogen) atoms. The molecule has 1 heterocycles. The molecule has 1 aromatic heterocycles. The van der Waals surface area contributed by atoms with Crippen LogP contribution in [0, 0.1) is 11.3 Å². The number of aliphatic imine (C=N–C) groups is 1. The summed E-state index contributed by atoms with van der Waals surface area (Å²) in [7, 11) is 0. The molecule has 0 amide bonds. The highest BCUT2D eigenvalue weighted by Gasteiger charge is 2.11. The molecule has 0 fully saturated rings. The monoisotopic (exact) mass is 340 g/mol. The molecular weight excluding hydrogens is 331 g/mol. The molecule has 2 aromatic carbocycles. The molecule has 3 rings (SSSR count). The Morgan fingerprint density at radius 1 is 1.04 bits per heavy atom. The van der Waals surface area contributed by atoms with Crippen LogP contribution in [0.4, 0.5) is 5.88 Å². The second kappa shape index (κ2) is 6.70. The van der Waals surface area contributed by atoms with E-state index in [0.717, 1.165) is 5.56 Å². The van der Waals surface area contributed by atoms with Crippen molar-refractivity contribution < 1.29 is 4.42 Å². The van der Waals surface area contributed by atoms with Gasteiger partial charge >= 0.3 is 0 Å². The maximum Gasteiger partial charge on any atom is 0.237 e. The van der Waals surface area contributed by atoms with Gasteiger partial charge < -0.3 is 4.42 Å². The molecule has 0 aliphatic heterocycles. The van der Waals surface area contributed by atoms with Gasteiger partial charge in [0.2, 0.25) is 5.88 Å². The fourth-order valence-corrected chi connectivity index (χ4v) is 2.49. The third-order valence-corrected chi connectivity index (χ3v) is 3.74. The number of nitrogens with zero attached hydrogens (tertiary/aromatic N) is 2. The molecule has 0 unspecified atom stereocenters. The first-order valence-corrected chi connectivity index (χ1v) is 7.51. The zero-order valence-electron chi connectivity index (χ0n) is 11.8. The minimum absolute atomic E-state index is 0.248. The fraction of sp³-hybridized carbons (Fsp3) is 0. The quantitative estimate of drug-likeness (QED) is 0.559. The zero-order valence-corrected chi connectivity index (χ0v) is 13.3. The van der Waals surface area contributed by atoms with Gasteiger partial charge in [0.25, 0.3) is 0 Å². The number of halogens is 2. The fourth-order valence-electron chi connectivity index (χ4n) is 2.04. The lowest BCUT2D eigenvalue weighted by Crippen LogP contribution is -1.82. The van der Waals surface area contributed by atoms with Gasteiger partial charge in [0.05, 0.1) is 5.02 Å². The second-order valence-electron chi connectivity index (χ2n) is 4.73. The molecule has 3 nitrogen and oxygen atoms in total.